The fourth-order valence-electron chi connectivity index (χ4n) is 1.53. The lowest BCUT2D eigenvalue weighted by Crippen LogP contribution is -2.31. The molecule has 2 heteroatoms. The third-order valence-corrected chi connectivity index (χ3v) is 2.42. The Morgan fingerprint density at radius 2 is 2.07 bits per heavy atom. The summed E-state index contributed by atoms with van der Waals surface area (Å²) in [5, 5.41) is 0. The molecule has 1 rings (SSSR count). The van der Waals surface area contributed by atoms with Crippen LogP contribution in [-0.2, 0) is 4.79 Å². The van der Waals surface area contributed by atoms with Crippen molar-refractivity contribution in [3.8, 4) is 12.3 Å². The van der Waals surface area contributed by atoms with Gasteiger partial charge in [0.15, 0.2) is 0 Å². The molecule has 1 amide bonds. The van der Waals surface area contributed by atoms with Gasteiger partial charge in [-0.25, -0.2) is 0 Å². The Kier molecular flexibility index (Phi) is 3.93. The van der Waals surface area contributed by atoms with E-state index in [4.69, 9.17) is 6.42 Å². The molecule has 0 spiro atoms. The highest BCUT2D eigenvalue weighted by Gasteiger charge is 2.16. The number of hydrogen-bond donors (Lipinski definition) is 0. The Bertz CT molecular complexity index is 364. The van der Waals surface area contributed by atoms with Gasteiger partial charge in [0.05, 0.1) is 12.6 Å². The summed E-state index contributed by atoms with van der Waals surface area (Å²) in [6.45, 7) is 3.87. The normalized spacial score (nSPS) is 11.5. The first-order valence-electron chi connectivity index (χ1n) is 4.92. The van der Waals surface area contributed by atoms with Crippen LogP contribution in [0.1, 0.15) is 25.5 Å². The van der Waals surface area contributed by atoms with Gasteiger partial charge in [-0.05, 0) is 12.5 Å². The van der Waals surface area contributed by atoms with Crippen LogP contribution in [0.15, 0.2) is 30.3 Å². The molecule has 0 aliphatic rings. The summed E-state index contributed by atoms with van der Waals surface area (Å²) >= 11 is 0. The molecular formula is C13H15NO. The molecule has 2 nitrogen and oxygen atoms in total. The summed E-state index contributed by atoms with van der Waals surface area (Å²) in [7, 11) is 0. The Morgan fingerprint density at radius 1 is 1.47 bits per heavy atom. The maximum atomic E-state index is 11.4. The second-order valence-electron chi connectivity index (χ2n) is 3.44. The molecule has 0 aliphatic heterocycles. The molecule has 0 radical (unpaired) electrons. The highest BCUT2D eigenvalue weighted by atomic mass is 16.2. The largest absolute Gasteiger partial charge is 0.325 e. The molecule has 0 N–H and O–H groups in total. The topological polar surface area (TPSA) is 20.3 Å². The van der Waals surface area contributed by atoms with Crippen LogP contribution < -0.4 is 0 Å². The number of benzene rings is 1. The molecule has 0 aromatic heterocycles. The lowest BCUT2D eigenvalue weighted by molar-refractivity contribution is -0.130. The summed E-state index contributed by atoms with van der Waals surface area (Å²) in [4.78, 5) is 13.1. The van der Waals surface area contributed by atoms with Crippen LogP contribution in [0.3, 0.4) is 0 Å². The zero-order valence-electron chi connectivity index (χ0n) is 9.10. The minimum atomic E-state index is 0.00398. The van der Waals surface area contributed by atoms with Crippen LogP contribution in [-0.4, -0.2) is 17.4 Å². The second kappa shape index (κ2) is 5.21. The lowest BCUT2D eigenvalue weighted by atomic mass is 10.1. The highest BCUT2D eigenvalue weighted by molar-refractivity contribution is 5.74. The lowest BCUT2D eigenvalue weighted by Gasteiger charge is -2.26. The van der Waals surface area contributed by atoms with E-state index in [1.165, 1.54) is 6.92 Å². The van der Waals surface area contributed by atoms with Crippen LogP contribution in [0.5, 0.6) is 0 Å². The SMILES string of the molecule is C#CCN(C(C)=O)[C@@H](C)c1ccccc1. The zero-order valence-corrected chi connectivity index (χ0v) is 9.10. The van der Waals surface area contributed by atoms with Crippen molar-refractivity contribution in [2.75, 3.05) is 6.54 Å². The number of amides is 1. The number of rotatable bonds is 3. The third-order valence-electron chi connectivity index (χ3n) is 2.42. The van der Waals surface area contributed by atoms with E-state index in [-0.39, 0.29) is 11.9 Å². The van der Waals surface area contributed by atoms with Gasteiger partial charge in [-0.1, -0.05) is 36.3 Å². The van der Waals surface area contributed by atoms with Crippen LogP contribution in [0.4, 0.5) is 0 Å². The van der Waals surface area contributed by atoms with E-state index in [0.29, 0.717) is 6.54 Å². The van der Waals surface area contributed by atoms with E-state index in [9.17, 15) is 4.79 Å². The Hall–Kier alpha value is -1.75. The number of terminal acetylenes is 1. The average Bonchev–Trinajstić information content (AvgIpc) is 2.26. The van der Waals surface area contributed by atoms with Crippen LogP contribution in [0.2, 0.25) is 0 Å². The first kappa shape index (κ1) is 11.3. The Balaban J connectivity index is 2.86. The minimum absolute atomic E-state index is 0.00398. The first-order chi connectivity index (χ1) is 7.16. The van der Waals surface area contributed by atoms with Crippen LogP contribution in [0.25, 0.3) is 0 Å². The summed E-state index contributed by atoms with van der Waals surface area (Å²) in [6, 6.07) is 9.89. The van der Waals surface area contributed by atoms with Gasteiger partial charge in [-0.3, -0.25) is 4.79 Å². The first-order valence-corrected chi connectivity index (χ1v) is 4.92. The summed E-state index contributed by atoms with van der Waals surface area (Å²) < 4.78 is 0. The molecule has 0 unspecified atom stereocenters. The molecule has 1 atom stereocenters. The maximum Gasteiger partial charge on any atom is 0.220 e. The summed E-state index contributed by atoms with van der Waals surface area (Å²) in [5.74, 6) is 2.51. The third kappa shape index (κ3) is 2.85. The molecule has 0 aliphatic carbocycles. The van der Waals surface area contributed by atoms with Gasteiger partial charge in [0.25, 0.3) is 0 Å². The molecule has 0 fully saturated rings. The fourth-order valence-corrected chi connectivity index (χ4v) is 1.53. The van der Waals surface area contributed by atoms with Crippen molar-refractivity contribution in [3.05, 3.63) is 35.9 Å². The summed E-state index contributed by atoms with van der Waals surface area (Å²) in [5.41, 5.74) is 1.10. The molecule has 1 aromatic carbocycles. The quantitative estimate of drug-likeness (QED) is 0.687. The van der Waals surface area contributed by atoms with Crippen molar-refractivity contribution < 1.29 is 4.79 Å². The van der Waals surface area contributed by atoms with Gasteiger partial charge in [-0.15, -0.1) is 6.42 Å². The van der Waals surface area contributed by atoms with E-state index in [2.05, 4.69) is 5.92 Å². The summed E-state index contributed by atoms with van der Waals surface area (Å²) in [6.07, 6.45) is 5.24. The highest BCUT2D eigenvalue weighted by Crippen LogP contribution is 2.19. The smallest absolute Gasteiger partial charge is 0.220 e. The van der Waals surface area contributed by atoms with E-state index in [1.54, 1.807) is 4.90 Å². The van der Waals surface area contributed by atoms with Crippen molar-refractivity contribution >= 4 is 5.91 Å². The standard InChI is InChI=1S/C13H15NO/c1-4-10-14(12(3)15)11(2)13-8-6-5-7-9-13/h1,5-9,11H,10H2,2-3H3/t11-/m0/s1. The zero-order chi connectivity index (χ0) is 11.3. The molecule has 15 heavy (non-hydrogen) atoms. The van der Waals surface area contributed by atoms with Crippen molar-refractivity contribution in [3.63, 3.8) is 0 Å². The predicted molar refractivity (Wildman–Crippen MR) is 61.1 cm³/mol. The molecular weight excluding hydrogens is 186 g/mol. The average molecular weight is 201 g/mol. The Morgan fingerprint density at radius 3 is 2.53 bits per heavy atom. The fraction of sp³-hybridized carbons (Fsp3) is 0.308. The van der Waals surface area contributed by atoms with Crippen LogP contribution in [0, 0.1) is 12.3 Å². The number of carbonyl (C=O) groups excluding carboxylic acids is 1. The molecule has 1 aromatic rings. The number of carbonyl (C=O) groups is 1. The van der Waals surface area contributed by atoms with Crippen molar-refractivity contribution in [1.82, 2.24) is 4.90 Å². The van der Waals surface area contributed by atoms with Gasteiger partial charge in [0, 0.05) is 6.92 Å². The molecule has 0 bridgehead atoms. The Labute approximate surface area is 90.9 Å². The number of nitrogens with zero attached hydrogens (tertiary/aromatic N) is 1. The van der Waals surface area contributed by atoms with Crippen molar-refractivity contribution in [1.29, 1.82) is 0 Å². The van der Waals surface area contributed by atoms with Gasteiger partial charge in [0.1, 0.15) is 0 Å². The second-order valence-corrected chi connectivity index (χ2v) is 3.44. The predicted octanol–water partition coefficient (Wildman–Crippen LogP) is 2.23. The molecule has 78 valence electrons. The van der Waals surface area contributed by atoms with Crippen molar-refractivity contribution in [2.45, 2.75) is 19.9 Å². The van der Waals surface area contributed by atoms with Gasteiger partial charge in [0.2, 0.25) is 5.91 Å². The molecule has 0 saturated carbocycles. The molecule has 0 heterocycles. The van der Waals surface area contributed by atoms with E-state index in [0.717, 1.165) is 5.56 Å². The van der Waals surface area contributed by atoms with E-state index >= 15 is 0 Å². The van der Waals surface area contributed by atoms with Gasteiger partial charge < -0.3 is 4.90 Å². The monoisotopic (exact) mass is 201 g/mol. The van der Waals surface area contributed by atoms with Crippen molar-refractivity contribution in [2.24, 2.45) is 0 Å². The maximum absolute atomic E-state index is 11.4. The number of hydrogen-bond acceptors (Lipinski definition) is 1. The van der Waals surface area contributed by atoms with Gasteiger partial charge >= 0.3 is 0 Å². The van der Waals surface area contributed by atoms with Crippen LogP contribution >= 0.6 is 0 Å². The van der Waals surface area contributed by atoms with E-state index in [1.807, 2.05) is 37.3 Å². The molecule has 0 saturated heterocycles. The van der Waals surface area contributed by atoms with E-state index < -0.39 is 0 Å². The van der Waals surface area contributed by atoms with Gasteiger partial charge in [-0.2, -0.15) is 0 Å². The minimum Gasteiger partial charge on any atom is -0.325 e.